The molecule has 1 aromatic carbocycles. The van der Waals surface area contributed by atoms with E-state index in [0.29, 0.717) is 23.5 Å². The molecule has 3 aromatic rings. The number of aliphatic hydroxyl groups excluding tert-OH is 1. The van der Waals surface area contributed by atoms with Crippen molar-refractivity contribution in [3.05, 3.63) is 57.5 Å². The third kappa shape index (κ3) is 6.84. The minimum absolute atomic E-state index is 0. The first-order chi connectivity index (χ1) is 16.3. The van der Waals surface area contributed by atoms with Crippen molar-refractivity contribution in [1.29, 1.82) is 0 Å². The third-order valence-electron chi connectivity index (χ3n) is 6.37. The lowest BCUT2D eigenvalue weighted by molar-refractivity contribution is 0.0650. The Morgan fingerprint density at radius 1 is 0.972 bits per heavy atom. The first-order valence-electron chi connectivity index (χ1n) is 11.5. The molecule has 2 unspecified atom stereocenters. The highest BCUT2D eigenvalue weighted by Gasteiger charge is 2.21. The average molecular weight is 562 g/mol. The van der Waals surface area contributed by atoms with Crippen molar-refractivity contribution in [2.45, 2.75) is 24.0 Å². The van der Waals surface area contributed by atoms with Gasteiger partial charge in [-0.3, -0.25) is 23.0 Å². The summed E-state index contributed by atoms with van der Waals surface area (Å²) < 4.78 is 16.4. The summed E-state index contributed by atoms with van der Waals surface area (Å²) in [5.41, 5.74) is -0.194. The normalized spacial score (nSPS) is 16.3. The van der Waals surface area contributed by atoms with E-state index < -0.39 is 28.2 Å². The molecule has 0 saturated carbocycles. The van der Waals surface area contributed by atoms with Crippen LogP contribution in [-0.4, -0.2) is 88.9 Å². The van der Waals surface area contributed by atoms with Crippen molar-refractivity contribution >= 4 is 46.8 Å². The predicted octanol–water partition coefficient (Wildman–Crippen LogP) is 0.454. The van der Waals surface area contributed by atoms with E-state index in [1.807, 2.05) is 30.3 Å². The molecule has 0 bridgehead atoms. The maximum Gasteiger partial charge on any atom is 0.332 e. The number of aromatic nitrogens is 4. The molecule has 10 nitrogen and oxygen atoms in total. The van der Waals surface area contributed by atoms with Gasteiger partial charge in [-0.1, -0.05) is 18.2 Å². The molecule has 1 saturated heterocycles. The summed E-state index contributed by atoms with van der Waals surface area (Å²) in [5.74, 6) is 0.660. The molecule has 1 N–H and O–H groups in total. The number of hydrogen-bond donors (Lipinski definition) is 1. The van der Waals surface area contributed by atoms with Crippen molar-refractivity contribution in [2.24, 2.45) is 14.1 Å². The van der Waals surface area contributed by atoms with E-state index in [9.17, 15) is 18.9 Å². The van der Waals surface area contributed by atoms with Gasteiger partial charge in [-0.25, -0.2) is 9.78 Å². The van der Waals surface area contributed by atoms with Crippen LogP contribution in [0.25, 0.3) is 11.2 Å². The molecule has 4 rings (SSSR count). The largest absolute Gasteiger partial charge is 0.390 e. The number of piperazine rings is 1. The van der Waals surface area contributed by atoms with Crippen LogP contribution < -0.4 is 11.2 Å². The highest BCUT2D eigenvalue weighted by atomic mass is 35.5. The predicted molar refractivity (Wildman–Crippen MR) is 146 cm³/mol. The second-order valence-corrected chi connectivity index (χ2v) is 10.4. The minimum Gasteiger partial charge on any atom is -0.390 e. The van der Waals surface area contributed by atoms with E-state index in [1.165, 1.54) is 17.9 Å². The highest BCUT2D eigenvalue weighted by Crippen LogP contribution is 2.10. The van der Waals surface area contributed by atoms with Gasteiger partial charge in [0.1, 0.15) is 0 Å². The number of imidazole rings is 1. The molecule has 1 aliphatic rings. The fourth-order valence-corrected chi connectivity index (χ4v) is 5.51. The lowest BCUT2D eigenvalue weighted by Gasteiger charge is -2.35. The Bertz CT molecular complexity index is 1270. The zero-order chi connectivity index (χ0) is 24.2. The summed E-state index contributed by atoms with van der Waals surface area (Å²) in [5, 5.41) is 10.7. The monoisotopic (exact) mass is 560 g/mol. The van der Waals surface area contributed by atoms with Crippen molar-refractivity contribution in [2.75, 3.05) is 45.0 Å². The summed E-state index contributed by atoms with van der Waals surface area (Å²) in [6.45, 7) is 5.15. The lowest BCUT2D eigenvalue weighted by Crippen LogP contribution is -2.49. The molecule has 2 atom stereocenters. The van der Waals surface area contributed by atoms with Crippen LogP contribution in [-0.2, 0) is 31.4 Å². The van der Waals surface area contributed by atoms with Gasteiger partial charge in [-0.05, 0) is 25.1 Å². The molecule has 0 radical (unpaired) electrons. The van der Waals surface area contributed by atoms with Crippen LogP contribution in [0.5, 0.6) is 0 Å². The van der Waals surface area contributed by atoms with Crippen LogP contribution in [0, 0.1) is 0 Å². The summed E-state index contributed by atoms with van der Waals surface area (Å²) in [4.78, 5) is 34.3. The summed E-state index contributed by atoms with van der Waals surface area (Å²) in [6.07, 6.45) is 1.72. The van der Waals surface area contributed by atoms with Crippen molar-refractivity contribution in [3.8, 4) is 0 Å². The third-order valence-corrected chi connectivity index (χ3v) is 7.83. The van der Waals surface area contributed by atoms with Gasteiger partial charge in [0.2, 0.25) is 0 Å². The number of benzene rings is 1. The Hall–Kier alpha value is -2.02. The van der Waals surface area contributed by atoms with Gasteiger partial charge < -0.3 is 14.6 Å². The van der Waals surface area contributed by atoms with E-state index >= 15 is 0 Å². The Kier molecular flexibility index (Phi) is 11.3. The van der Waals surface area contributed by atoms with Crippen LogP contribution in [0.15, 0.2) is 51.1 Å². The van der Waals surface area contributed by atoms with Crippen molar-refractivity contribution in [3.63, 3.8) is 0 Å². The van der Waals surface area contributed by atoms with Gasteiger partial charge >= 0.3 is 5.69 Å². The Morgan fingerprint density at radius 2 is 1.61 bits per heavy atom. The molecular formula is C23H34Cl2N6O4S. The molecule has 0 spiro atoms. The van der Waals surface area contributed by atoms with Crippen LogP contribution in [0.4, 0.5) is 0 Å². The van der Waals surface area contributed by atoms with Crippen LogP contribution >= 0.6 is 24.8 Å². The maximum atomic E-state index is 12.6. The van der Waals surface area contributed by atoms with E-state index in [-0.39, 0.29) is 31.4 Å². The molecule has 36 heavy (non-hydrogen) atoms. The molecule has 2 aromatic heterocycles. The van der Waals surface area contributed by atoms with E-state index in [2.05, 4.69) is 14.8 Å². The van der Waals surface area contributed by atoms with Crippen LogP contribution in [0.2, 0.25) is 0 Å². The van der Waals surface area contributed by atoms with E-state index in [0.717, 1.165) is 48.6 Å². The zero-order valence-corrected chi connectivity index (χ0v) is 22.9. The fraction of sp³-hybridized carbons (Fsp3) is 0.522. The number of β-amino-alcohol motifs (C(OH)–C–C–N with tert-alkyl or cyclic N) is 1. The van der Waals surface area contributed by atoms with E-state index in [4.69, 9.17) is 0 Å². The SMILES string of the molecule is Cl.Cl.Cn1c(=O)c2c(ncn2CC(O)CN2CCN(CCCS(=O)c3ccccc3)CC2)n(C)c1=O. The summed E-state index contributed by atoms with van der Waals surface area (Å²) >= 11 is 0. The Morgan fingerprint density at radius 3 is 2.28 bits per heavy atom. The Labute approximate surface area is 224 Å². The first-order valence-corrected chi connectivity index (χ1v) is 12.8. The number of fused-ring (bicyclic) bond motifs is 1. The quantitative estimate of drug-likeness (QED) is 0.405. The molecular weight excluding hydrogens is 527 g/mol. The van der Waals surface area contributed by atoms with Crippen LogP contribution in [0.1, 0.15) is 6.42 Å². The summed E-state index contributed by atoms with van der Waals surface area (Å²) in [7, 11) is 2.07. The molecule has 1 fully saturated rings. The van der Waals surface area contributed by atoms with E-state index in [1.54, 1.807) is 11.6 Å². The fourth-order valence-electron chi connectivity index (χ4n) is 4.42. The number of nitrogens with zero attached hydrogens (tertiary/aromatic N) is 6. The minimum atomic E-state index is -0.955. The van der Waals surface area contributed by atoms with Gasteiger partial charge in [0.25, 0.3) is 5.56 Å². The Balaban J connectivity index is 0.00000228. The second-order valence-electron chi connectivity index (χ2n) is 8.79. The molecule has 0 amide bonds. The van der Waals surface area contributed by atoms with Crippen molar-refractivity contribution < 1.29 is 9.32 Å². The highest BCUT2D eigenvalue weighted by molar-refractivity contribution is 7.85. The molecule has 1 aliphatic heterocycles. The van der Waals surface area contributed by atoms with Gasteiger partial charge in [0.15, 0.2) is 11.2 Å². The number of rotatable bonds is 9. The van der Waals surface area contributed by atoms with Gasteiger partial charge in [0.05, 0.1) is 29.8 Å². The maximum absolute atomic E-state index is 12.6. The van der Waals surface area contributed by atoms with Crippen LogP contribution in [0.3, 0.4) is 0 Å². The van der Waals surface area contributed by atoms with Crippen molar-refractivity contribution in [1.82, 2.24) is 28.5 Å². The smallest absolute Gasteiger partial charge is 0.332 e. The number of aryl methyl sites for hydroxylation is 1. The molecule has 200 valence electrons. The average Bonchev–Trinajstić information content (AvgIpc) is 3.26. The molecule has 13 heteroatoms. The second kappa shape index (κ2) is 13.5. The standard InChI is InChI=1S/C23H32N6O4S.2ClH/c1-25-21-20(22(31)26(2)23(25)32)29(17-24-21)16-18(30)15-28-12-10-27(11-13-28)9-6-14-34(33)19-7-4-3-5-8-19;;/h3-5,7-8,17-18,30H,6,9-16H2,1-2H3;2*1H. The topological polar surface area (TPSA) is 106 Å². The number of halogens is 2. The first kappa shape index (κ1) is 30.2. The van der Waals surface area contributed by atoms with Gasteiger partial charge in [0, 0.05) is 57.5 Å². The molecule has 3 heterocycles. The number of aliphatic hydroxyl groups is 1. The zero-order valence-electron chi connectivity index (χ0n) is 20.5. The summed E-state index contributed by atoms with van der Waals surface area (Å²) in [6, 6.07) is 9.58. The molecule has 0 aliphatic carbocycles. The lowest BCUT2D eigenvalue weighted by atomic mass is 10.2. The number of hydrogen-bond acceptors (Lipinski definition) is 7. The van der Waals surface area contributed by atoms with Gasteiger partial charge in [-0.15, -0.1) is 24.8 Å². The van der Waals surface area contributed by atoms with Gasteiger partial charge in [-0.2, -0.15) is 0 Å².